The van der Waals surface area contributed by atoms with Crippen LogP contribution in [-0.4, -0.2) is 22.8 Å². The van der Waals surface area contributed by atoms with E-state index in [0.717, 1.165) is 10.6 Å². The number of thiazole rings is 1. The summed E-state index contributed by atoms with van der Waals surface area (Å²) in [5.74, 6) is -0.638. The van der Waals surface area contributed by atoms with E-state index in [9.17, 15) is 4.79 Å². The molecule has 0 radical (unpaired) electrons. The molecule has 0 aliphatic carbocycles. The summed E-state index contributed by atoms with van der Waals surface area (Å²) in [5.41, 5.74) is 2.72. The monoisotopic (exact) mass is 251 g/mol. The van der Waals surface area contributed by atoms with Gasteiger partial charge in [0.05, 0.1) is 23.8 Å². The summed E-state index contributed by atoms with van der Waals surface area (Å²) in [4.78, 5) is 18.9. The van der Waals surface area contributed by atoms with E-state index in [0.29, 0.717) is 6.54 Å². The Kier molecular flexibility index (Phi) is 4.64. The Hall–Kier alpha value is -1.41. The number of hydrogen-bond acceptors (Lipinski definition) is 4. The summed E-state index contributed by atoms with van der Waals surface area (Å²) in [6.07, 6.45) is 0. The molecule has 0 saturated heterocycles. The quantitative estimate of drug-likeness (QED) is 0.824. The Balaban J connectivity index is 2.71. The highest BCUT2D eigenvalue weighted by Crippen LogP contribution is 2.18. The highest BCUT2D eigenvalue weighted by Gasteiger charge is 2.25. The first-order valence-electron chi connectivity index (χ1n) is 5.51. The molecule has 1 aromatic heterocycles. The molecule has 0 bridgehead atoms. The fraction of sp³-hybridized carbons (Fsp3) is 0.583. The first kappa shape index (κ1) is 13.7. The number of nitrogens with zero attached hydrogens (tertiary/aromatic N) is 3. The number of amides is 1. The molecule has 1 heterocycles. The summed E-state index contributed by atoms with van der Waals surface area (Å²) < 4.78 is 0. The third-order valence-electron chi connectivity index (χ3n) is 2.67. The fourth-order valence-electron chi connectivity index (χ4n) is 1.50. The maximum Gasteiger partial charge on any atom is 0.240 e. The lowest BCUT2D eigenvalue weighted by Crippen LogP contribution is -2.34. The molecule has 1 aromatic rings. The van der Waals surface area contributed by atoms with E-state index < -0.39 is 5.92 Å². The molecule has 5 heteroatoms. The summed E-state index contributed by atoms with van der Waals surface area (Å²) in [6, 6.07) is 2.07. The first-order valence-corrected chi connectivity index (χ1v) is 6.39. The Labute approximate surface area is 106 Å². The van der Waals surface area contributed by atoms with Gasteiger partial charge in [-0.15, -0.1) is 11.3 Å². The van der Waals surface area contributed by atoms with Gasteiger partial charge in [0.15, 0.2) is 0 Å². The predicted octanol–water partition coefficient (Wildman–Crippen LogP) is 2.21. The topological polar surface area (TPSA) is 57.0 Å². The van der Waals surface area contributed by atoms with E-state index in [1.807, 2.05) is 20.8 Å². The van der Waals surface area contributed by atoms with Gasteiger partial charge in [0.25, 0.3) is 0 Å². The van der Waals surface area contributed by atoms with Crippen LogP contribution >= 0.6 is 11.3 Å². The van der Waals surface area contributed by atoms with E-state index in [2.05, 4.69) is 11.1 Å². The van der Waals surface area contributed by atoms with E-state index in [-0.39, 0.29) is 11.8 Å². The van der Waals surface area contributed by atoms with Gasteiger partial charge in [-0.2, -0.15) is 5.26 Å². The van der Waals surface area contributed by atoms with Gasteiger partial charge in [0.1, 0.15) is 5.92 Å². The third kappa shape index (κ3) is 3.27. The van der Waals surface area contributed by atoms with Crippen molar-refractivity contribution in [2.75, 3.05) is 7.05 Å². The second kappa shape index (κ2) is 5.78. The van der Waals surface area contributed by atoms with Crippen molar-refractivity contribution in [3.8, 4) is 6.07 Å². The van der Waals surface area contributed by atoms with Crippen LogP contribution in [0.5, 0.6) is 0 Å². The van der Waals surface area contributed by atoms with Crippen molar-refractivity contribution in [2.45, 2.75) is 27.3 Å². The van der Waals surface area contributed by atoms with Crippen molar-refractivity contribution in [3.63, 3.8) is 0 Å². The number of aromatic nitrogens is 1. The third-order valence-corrected chi connectivity index (χ3v) is 3.59. The Bertz CT molecular complexity index is 433. The molecular formula is C12H17N3OS. The normalized spacial score (nSPS) is 12.2. The Morgan fingerprint density at radius 3 is 2.71 bits per heavy atom. The summed E-state index contributed by atoms with van der Waals surface area (Å²) in [7, 11) is 1.73. The zero-order valence-corrected chi connectivity index (χ0v) is 11.4. The van der Waals surface area contributed by atoms with Gasteiger partial charge in [0, 0.05) is 11.9 Å². The molecule has 0 N–H and O–H groups in total. The lowest BCUT2D eigenvalue weighted by atomic mass is 9.96. The number of aryl methyl sites for hydroxylation is 1. The predicted molar refractivity (Wildman–Crippen MR) is 67.3 cm³/mol. The molecule has 17 heavy (non-hydrogen) atoms. The van der Waals surface area contributed by atoms with Crippen molar-refractivity contribution < 1.29 is 4.79 Å². The molecule has 92 valence electrons. The molecular weight excluding hydrogens is 234 g/mol. The van der Waals surface area contributed by atoms with Crippen molar-refractivity contribution >= 4 is 17.2 Å². The largest absolute Gasteiger partial charge is 0.339 e. The molecule has 1 atom stereocenters. The zero-order valence-electron chi connectivity index (χ0n) is 10.6. The maximum absolute atomic E-state index is 12.0. The average Bonchev–Trinajstić information content (AvgIpc) is 2.64. The molecule has 0 aliphatic heterocycles. The van der Waals surface area contributed by atoms with Crippen LogP contribution in [0.4, 0.5) is 0 Å². The molecule has 0 aromatic carbocycles. The molecule has 1 rings (SSSR count). The van der Waals surface area contributed by atoms with Gasteiger partial charge in [0.2, 0.25) is 5.91 Å². The fourth-order valence-corrected chi connectivity index (χ4v) is 2.33. The van der Waals surface area contributed by atoms with E-state index in [4.69, 9.17) is 5.26 Å². The van der Waals surface area contributed by atoms with Crippen molar-refractivity contribution in [3.05, 3.63) is 16.1 Å². The Morgan fingerprint density at radius 1 is 1.65 bits per heavy atom. The van der Waals surface area contributed by atoms with Crippen molar-refractivity contribution in [2.24, 2.45) is 11.8 Å². The maximum atomic E-state index is 12.0. The van der Waals surface area contributed by atoms with E-state index in [1.54, 1.807) is 17.5 Å². The highest BCUT2D eigenvalue weighted by atomic mass is 32.1. The SMILES string of the molecule is Cc1ncsc1CN(C)C(=O)C(C#N)C(C)C. The second-order valence-corrected chi connectivity index (χ2v) is 5.35. The van der Waals surface area contributed by atoms with E-state index in [1.165, 1.54) is 11.3 Å². The molecule has 4 nitrogen and oxygen atoms in total. The van der Waals surface area contributed by atoms with Gasteiger partial charge < -0.3 is 4.90 Å². The zero-order chi connectivity index (χ0) is 13.0. The van der Waals surface area contributed by atoms with Crippen LogP contribution in [0, 0.1) is 30.1 Å². The van der Waals surface area contributed by atoms with Gasteiger partial charge >= 0.3 is 0 Å². The molecule has 0 spiro atoms. The lowest BCUT2D eigenvalue weighted by molar-refractivity contribution is -0.134. The van der Waals surface area contributed by atoms with Crippen LogP contribution in [0.1, 0.15) is 24.4 Å². The minimum absolute atomic E-state index is 0.0394. The van der Waals surface area contributed by atoms with Crippen LogP contribution in [0.15, 0.2) is 5.51 Å². The highest BCUT2D eigenvalue weighted by molar-refractivity contribution is 7.09. The minimum Gasteiger partial charge on any atom is -0.339 e. The number of hydrogen-bond donors (Lipinski definition) is 0. The molecule has 0 aliphatic rings. The second-order valence-electron chi connectivity index (χ2n) is 4.41. The smallest absolute Gasteiger partial charge is 0.240 e. The molecule has 1 amide bonds. The minimum atomic E-state index is -0.562. The number of carbonyl (C=O) groups is 1. The van der Waals surface area contributed by atoms with Crippen molar-refractivity contribution in [1.29, 1.82) is 5.26 Å². The van der Waals surface area contributed by atoms with Crippen LogP contribution < -0.4 is 0 Å². The molecule has 0 saturated carbocycles. The number of carbonyl (C=O) groups excluding carboxylic acids is 1. The van der Waals surface area contributed by atoms with Gasteiger partial charge in [-0.1, -0.05) is 13.8 Å². The van der Waals surface area contributed by atoms with E-state index >= 15 is 0 Å². The van der Waals surface area contributed by atoms with Crippen LogP contribution in [0.2, 0.25) is 0 Å². The summed E-state index contributed by atoms with van der Waals surface area (Å²) in [6.45, 7) is 6.23. The van der Waals surface area contributed by atoms with Crippen molar-refractivity contribution in [1.82, 2.24) is 9.88 Å². The number of rotatable bonds is 4. The molecule has 1 unspecified atom stereocenters. The van der Waals surface area contributed by atoms with Gasteiger partial charge in [-0.05, 0) is 12.8 Å². The average molecular weight is 251 g/mol. The first-order chi connectivity index (χ1) is 7.97. The van der Waals surface area contributed by atoms with Crippen LogP contribution in [0.3, 0.4) is 0 Å². The van der Waals surface area contributed by atoms with Crippen LogP contribution in [0.25, 0.3) is 0 Å². The van der Waals surface area contributed by atoms with Gasteiger partial charge in [-0.3, -0.25) is 4.79 Å². The van der Waals surface area contributed by atoms with Crippen LogP contribution in [-0.2, 0) is 11.3 Å². The molecule has 0 fully saturated rings. The summed E-state index contributed by atoms with van der Waals surface area (Å²) >= 11 is 1.54. The number of nitriles is 1. The standard InChI is InChI=1S/C12H17N3OS/c1-8(2)10(5-13)12(16)15(4)6-11-9(3)14-7-17-11/h7-8,10H,6H2,1-4H3. The lowest BCUT2D eigenvalue weighted by Gasteiger charge is -2.21. The summed E-state index contributed by atoms with van der Waals surface area (Å²) in [5, 5.41) is 8.99. The van der Waals surface area contributed by atoms with Gasteiger partial charge in [-0.25, -0.2) is 4.98 Å². The Morgan fingerprint density at radius 2 is 2.29 bits per heavy atom.